The molecule has 4 rings (SSSR count). The van der Waals surface area contributed by atoms with Gasteiger partial charge in [-0.25, -0.2) is 0 Å². The standard InChI is InChI=1S/C14H16N2O3/c17-14(10-3-4-10)8-16(9-14)7-11-6-13(19-15-11)12-2-1-5-18-12/h1-2,5-6,10,17H,3-4,7-9H2. The van der Waals surface area contributed by atoms with Crippen molar-refractivity contribution in [1.82, 2.24) is 10.1 Å². The zero-order valence-electron chi connectivity index (χ0n) is 10.6. The summed E-state index contributed by atoms with van der Waals surface area (Å²) in [6.45, 7) is 2.22. The Morgan fingerprint density at radius 3 is 2.89 bits per heavy atom. The van der Waals surface area contributed by atoms with E-state index in [4.69, 9.17) is 8.94 Å². The van der Waals surface area contributed by atoms with E-state index in [0.29, 0.717) is 17.4 Å². The highest BCUT2D eigenvalue weighted by Crippen LogP contribution is 2.44. The molecule has 2 aliphatic rings. The molecule has 0 aromatic carbocycles. The van der Waals surface area contributed by atoms with Gasteiger partial charge in [0, 0.05) is 25.7 Å². The molecule has 1 saturated heterocycles. The molecule has 19 heavy (non-hydrogen) atoms. The van der Waals surface area contributed by atoms with Gasteiger partial charge in [0.15, 0.2) is 5.76 Å². The number of hydrogen-bond acceptors (Lipinski definition) is 5. The molecule has 3 heterocycles. The van der Waals surface area contributed by atoms with Gasteiger partial charge >= 0.3 is 0 Å². The van der Waals surface area contributed by atoms with Crippen molar-refractivity contribution in [1.29, 1.82) is 0 Å². The molecule has 5 nitrogen and oxygen atoms in total. The van der Waals surface area contributed by atoms with Crippen molar-refractivity contribution >= 4 is 0 Å². The van der Waals surface area contributed by atoms with Gasteiger partial charge in [-0.2, -0.15) is 0 Å². The molecule has 2 aromatic rings. The monoisotopic (exact) mass is 260 g/mol. The second kappa shape index (κ2) is 3.95. The van der Waals surface area contributed by atoms with Crippen LogP contribution >= 0.6 is 0 Å². The van der Waals surface area contributed by atoms with Crippen LogP contribution in [-0.4, -0.2) is 33.9 Å². The van der Waals surface area contributed by atoms with Crippen LogP contribution in [0.1, 0.15) is 18.5 Å². The second-order valence-electron chi connectivity index (χ2n) is 5.68. The minimum absolute atomic E-state index is 0.437. The van der Waals surface area contributed by atoms with E-state index in [1.807, 2.05) is 18.2 Å². The van der Waals surface area contributed by atoms with Crippen molar-refractivity contribution in [3.05, 3.63) is 30.2 Å². The van der Waals surface area contributed by atoms with Crippen LogP contribution in [-0.2, 0) is 6.54 Å². The van der Waals surface area contributed by atoms with Gasteiger partial charge in [-0.1, -0.05) is 5.16 Å². The third-order valence-corrected chi connectivity index (χ3v) is 4.04. The zero-order valence-corrected chi connectivity index (χ0v) is 10.6. The predicted molar refractivity (Wildman–Crippen MR) is 67.2 cm³/mol. The van der Waals surface area contributed by atoms with Crippen LogP contribution in [0, 0.1) is 5.92 Å². The topological polar surface area (TPSA) is 62.6 Å². The van der Waals surface area contributed by atoms with Crippen molar-refractivity contribution in [2.24, 2.45) is 5.92 Å². The maximum absolute atomic E-state index is 10.3. The molecule has 2 fully saturated rings. The molecule has 0 unspecified atom stereocenters. The first-order valence-corrected chi connectivity index (χ1v) is 6.67. The lowest BCUT2D eigenvalue weighted by Gasteiger charge is -2.46. The molecular weight excluding hydrogens is 244 g/mol. The Bertz CT molecular complexity index is 565. The molecule has 1 aliphatic carbocycles. The normalized spacial score (nSPS) is 22.4. The Balaban J connectivity index is 1.39. The van der Waals surface area contributed by atoms with Gasteiger partial charge < -0.3 is 14.0 Å². The number of hydrogen-bond donors (Lipinski definition) is 1. The number of nitrogens with zero attached hydrogens (tertiary/aromatic N) is 2. The molecule has 0 radical (unpaired) electrons. The third kappa shape index (κ3) is 1.99. The van der Waals surface area contributed by atoms with Crippen molar-refractivity contribution in [3.63, 3.8) is 0 Å². The van der Waals surface area contributed by atoms with Crippen molar-refractivity contribution in [3.8, 4) is 11.5 Å². The molecular formula is C14H16N2O3. The average molecular weight is 260 g/mol. The largest absolute Gasteiger partial charge is 0.461 e. The van der Waals surface area contributed by atoms with E-state index in [1.165, 1.54) is 12.8 Å². The van der Waals surface area contributed by atoms with E-state index < -0.39 is 5.60 Å². The first-order valence-electron chi connectivity index (χ1n) is 6.67. The summed E-state index contributed by atoms with van der Waals surface area (Å²) in [5, 5.41) is 14.3. The third-order valence-electron chi connectivity index (χ3n) is 4.04. The molecule has 1 N–H and O–H groups in total. The Morgan fingerprint density at radius 1 is 1.37 bits per heavy atom. The minimum Gasteiger partial charge on any atom is -0.461 e. The van der Waals surface area contributed by atoms with Gasteiger partial charge in [-0.15, -0.1) is 0 Å². The summed E-state index contributed by atoms with van der Waals surface area (Å²) >= 11 is 0. The van der Waals surface area contributed by atoms with E-state index in [0.717, 1.165) is 25.3 Å². The Morgan fingerprint density at radius 2 is 2.21 bits per heavy atom. The molecule has 100 valence electrons. The van der Waals surface area contributed by atoms with Crippen molar-refractivity contribution in [2.45, 2.75) is 25.0 Å². The summed E-state index contributed by atoms with van der Waals surface area (Å²) in [5.41, 5.74) is 0.442. The van der Waals surface area contributed by atoms with E-state index in [2.05, 4.69) is 10.1 Å². The van der Waals surface area contributed by atoms with Gasteiger partial charge in [0.05, 0.1) is 17.6 Å². The van der Waals surface area contributed by atoms with Crippen LogP contribution in [0.25, 0.3) is 11.5 Å². The molecule has 5 heteroatoms. The van der Waals surface area contributed by atoms with Gasteiger partial charge in [-0.05, 0) is 30.9 Å². The van der Waals surface area contributed by atoms with Crippen LogP contribution < -0.4 is 0 Å². The van der Waals surface area contributed by atoms with E-state index in [1.54, 1.807) is 6.26 Å². The maximum atomic E-state index is 10.3. The molecule has 1 aliphatic heterocycles. The summed E-state index contributed by atoms with van der Waals surface area (Å²) in [5.74, 6) is 1.87. The Hall–Kier alpha value is -1.59. The van der Waals surface area contributed by atoms with Gasteiger partial charge in [0.1, 0.15) is 0 Å². The smallest absolute Gasteiger partial charge is 0.202 e. The van der Waals surface area contributed by atoms with E-state index in [9.17, 15) is 5.11 Å². The Labute approximate surface area is 110 Å². The number of aliphatic hydroxyl groups is 1. The van der Waals surface area contributed by atoms with Crippen LogP contribution in [0.4, 0.5) is 0 Å². The molecule has 0 spiro atoms. The maximum Gasteiger partial charge on any atom is 0.202 e. The first-order chi connectivity index (χ1) is 9.23. The number of likely N-dealkylation sites (tertiary alicyclic amines) is 1. The molecule has 0 bridgehead atoms. The number of rotatable bonds is 4. The fraction of sp³-hybridized carbons (Fsp3) is 0.500. The molecule has 1 saturated carbocycles. The number of furan rings is 1. The summed E-state index contributed by atoms with van der Waals surface area (Å²) in [4.78, 5) is 2.20. The lowest BCUT2D eigenvalue weighted by atomic mass is 9.88. The Kier molecular flexibility index (Phi) is 2.34. The second-order valence-corrected chi connectivity index (χ2v) is 5.68. The lowest BCUT2D eigenvalue weighted by Crippen LogP contribution is -2.62. The molecule has 0 atom stereocenters. The highest BCUT2D eigenvalue weighted by molar-refractivity contribution is 5.49. The minimum atomic E-state index is -0.437. The fourth-order valence-electron chi connectivity index (χ4n) is 2.87. The quantitative estimate of drug-likeness (QED) is 0.909. The summed E-state index contributed by atoms with van der Waals surface area (Å²) < 4.78 is 10.5. The molecule has 0 amide bonds. The van der Waals surface area contributed by atoms with E-state index in [-0.39, 0.29) is 0 Å². The zero-order chi connectivity index (χ0) is 12.9. The highest BCUT2D eigenvalue weighted by Gasteiger charge is 2.51. The number of aromatic nitrogens is 1. The summed E-state index contributed by atoms with van der Waals surface area (Å²) in [6, 6.07) is 5.57. The molecule has 2 aromatic heterocycles. The van der Waals surface area contributed by atoms with E-state index >= 15 is 0 Å². The van der Waals surface area contributed by atoms with Crippen LogP contribution in [0.5, 0.6) is 0 Å². The average Bonchev–Trinajstić information content (AvgIpc) is 2.89. The SMILES string of the molecule is OC1(C2CC2)CN(Cc2cc(-c3ccco3)on2)C1. The van der Waals surface area contributed by atoms with Crippen LogP contribution in [0.15, 0.2) is 33.4 Å². The van der Waals surface area contributed by atoms with Crippen molar-refractivity contribution in [2.75, 3.05) is 13.1 Å². The van der Waals surface area contributed by atoms with Crippen molar-refractivity contribution < 1.29 is 14.0 Å². The van der Waals surface area contributed by atoms with Gasteiger partial charge in [-0.3, -0.25) is 4.90 Å². The summed E-state index contributed by atoms with van der Waals surface area (Å²) in [7, 11) is 0. The lowest BCUT2D eigenvalue weighted by molar-refractivity contribution is -0.117. The summed E-state index contributed by atoms with van der Waals surface area (Å²) in [6.07, 6.45) is 3.97. The first kappa shape index (κ1) is 11.3. The number of β-amino-alcohol motifs (C(OH)–C–C–N with tert-alkyl or cyclic N) is 1. The van der Waals surface area contributed by atoms with Crippen LogP contribution in [0.3, 0.4) is 0 Å². The van der Waals surface area contributed by atoms with Crippen LogP contribution in [0.2, 0.25) is 0 Å². The highest BCUT2D eigenvalue weighted by atomic mass is 16.5. The van der Waals surface area contributed by atoms with Gasteiger partial charge in [0.2, 0.25) is 5.76 Å². The predicted octanol–water partition coefficient (Wildman–Crippen LogP) is 1.89. The van der Waals surface area contributed by atoms with Gasteiger partial charge in [0.25, 0.3) is 0 Å². The fourth-order valence-corrected chi connectivity index (χ4v) is 2.87.